The number of aliphatic hydroxyl groups excluding tert-OH is 1. The maximum atomic E-state index is 8.66. The lowest BCUT2D eigenvalue weighted by Gasteiger charge is -1.97. The van der Waals surface area contributed by atoms with E-state index in [9.17, 15) is 0 Å². The second-order valence-corrected chi connectivity index (χ2v) is 3.44. The first-order chi connectivity index (χ1) is 6.42. The number of imidazole rings is 1. The number of hydrogen-bond donors (Lipinski definition) is 2. The van der Waals surface area contributed by atoms with E-state index < -0.39 is 0 Å². The molecule has 2 heterocycles. The third-order valence-corrected chi connectivity index (χ3v) is 2.49. The number of nitrogens with one attached hydrogen (secondary N) is 1. The van der Waals surface area contributed by atoms with E-state index in [2.05, 4.69) is 19.9 Å². The Morgan fingerprint density at radius 3 is 3.15 bits per heavy atom. The summed E-state index contributed by atoms with van der Waals surface area (Å²) in [7, 11) is 0. The van der Waals surface area contributed by atoms with Crippen molar-refractivity contribution in [1.29, 1.82) is 0 Å². The van der Waals surface area contributed by atoms with Gasteiger partial charge in [-0.25, -0.2) is 15.0 Å². The summed E-state index contributed by atoms with van der Waals surface area (Å²) in [5.41, 5.74) is 1.50. The smallest absolute Gasteiger partial charge is 0.181 e. The number of H-pyrrole nitrogens is 1. The lowest BCUT2D eigenvalue weighted by Crippen LogP contribution is -1.90. The number of hydrogen-bond acceptors (Lipinski definition) is 5. The van der Waals surface area contributed by atoms with Crippen molar-refractivity contribution >= 4 is 22.9 Å². The van der Waals surface area contributed by atoms with Crippen molar-refractivity contribution in [3.05, 3.63) is 12.7 Å². The standard InChI is InChI=1S/C7H8N4OS/c12-1-2-13-7-5-6(9-3-8-5)10-4-11-7/h3-4,12H,1-2H2,(H,8,9,10,11). The molecule has 2 N–H and O–H groups in total. The number of fused-ring (bicyclic) bond motifs is 1. The van der Waals surface area contributed by atoms with Gasteiger partial charge in [0.15, 0.2) is 5.65 Å². The Balaban J connectivity index is 2.37. The van der Waals surface area contributed by atoms with E-state index in [0.717, 1.165) is 10.5 Å². The van der Waals surface area contributed by atoms with Crippen LogP contribution in [0, 0.1) is 0 Å². The van der Waals surface area contributed by atoms with E-state index in [-0.39, 0.29) is 6.61 Å². The fourth-order valence-corrected chi connectivity index (χ4v) is 1.70. The molecule has 0 fully saturated rings. The van der Waals surface area contributed by atoms with Crippen molar-refractivity contribution in [3.8, 4) is 0 Å². The average molecular weight is 196 g/mol. The first kappa shape index (κ1) is 8.46. The summed E-state index contributed by atoms with van der Waals surface area (Å²) in [6.45, 7) is 0.143. The van der Waals surface area contributed by atoms with Gasteiger partial charge in [0.05, 0.1) is 12.9 Å². The summed E-state index contributed by atoms with van der Waals surface area (Å²) in [4.78, 5) is 15.0. The Morgan fingerprint density at radius 2 is 2.31 bits per heavy atom. The number of rotatable bonds is 3. The maximum Gasteiger partial charge on any atom is 0.181 e. The van der Waals surface area contributed by atoms with E-state index in [1.54, 1.807) is 6.33 Å². The van der Waals surface area contributed by atoms with Crippen LogP contribution >= 0.6 is 11.8 Å². The van der Waals surface area contributed by atoms with E-state index in [4.69, 9.17) is 5.11 Å². The van der Waals surface area contributed by atoms with Crippen molar-refractivity contribution in [2.45, 2.75) is 5.03 Å². The van der Waals surface area contributed by atoms with Crippen LogP contribution in [0.15, 0.2) is 17.7 Å². The molecular weight excluding hydrogens is 188 g/mol. The van der Waals surface area contributed by atoms with Crippen molar-refractivity contribution in [1.82, 2.24) is 19.9 Å². The highest BCUT2D eigenvalue weighted by Crippen LogP contribution is 2.20. The van der Waals surface area contributed by atoms with Crippen molar-refractivity contribution < 1.29 is 5.11 Å². The number of aromatic nitrogens is 4. The van der Waals surface area contributed by atoms with Crippen LogP contribution in [0.5, 0.6) is 0 Å². The molecule has 2 aromatic heterocycles. The zero-order valence-electron chi connectivity index (χ0n) is 6.77. The Bertz CT molecular complexity index is 402. The molecule has 2 aromatic rings. The quantitative estimate of drug-likeness (QED) is 0.550. The molecule has 68 valence electrons. The molecule has 0 spiro atoms. The Morgan fingerprint density at radius 1 is 1.38 bits per heavy atom. The van der Waals surface area contributed by atoms with Gasteiger partial charge in [-0.05, 0) is 0 Å². The van der Waals surface area contributed by atoms with Gasteiger partial charge in [-0.2, -0.15) is 0 Å². The topological polar surface area (TPSA) is 74.7 Å². The minimum Gasteiger partial charge on any atom is -0.396 e. The first-order valence-corrected chi connectivity index (χ1v) is 4.78. The summed E-state index contributed by atoms with van der Waals surface area (Å²) in [5.74, 6) is 0.630. The van der Waals surface area contributed by atoms with Crippen LogP contribution in [-0.4, -0.2) is 37.4 Å². The zero-order valence-corrected chi connectivity index (χ0v) is 7.58. The van der Waals surface area contributed by atoms with Crippen LogP contribution in [0.25, 0.3) is 11.2 Å². The fourth-order valence-electron chi connectivity index (χ4n) is 0.995. The zero-order chi connectivity index (χ0) is 9.10. The average Bonchev–Trinajstić information content (AvgIpc) is 2.62. The summed E-state index contributed by atoms with van der Waals surface area (Å²) in [6.07, 6.45) is 3.06. The van der Waals surface area contributed by atoms with Gasteiger partial charge in [-0.1, -0.05) is 0 Å². The lowest BCUT2D eigenvalue weighted by molar-refractivity contribution is 0.322. The number of aromatic amines is 1. The predicted octanol–water partition coefficient (Wildman–Crippen LogP) is 0.437. The molecular formula is C7H8N4OS. The van der Waals surface area contributed by atoms with E-state index in [1.807, 2.05) is 0 Å². The number of nitrogens with zero attached hydrogens (tertiary/aromatic N) is 3. The molecule has 2 rings (SSSR count). The van der Waals surface area contributed by atoms with Crippen LogP contribution in [0.3, 0.4) is 0 Å². The number of aliphatic hydroxyl groups is 1. The predicted molar refractivity (Wildman–Crippen MR) is 49.5 cm³/mol. The van der Waals surface area contributed by atoms with Gasteiger partial charge in [0.1, 0.15) is 16.9 Å². The first-order valence-electron chi connectivity index (χ1n) is 3.79. The molecule has 0 aliphatic carbocycles. The molecule has 0 aliphatic heterocycles. The second kappa shape index (κ2) is 3.71. The molecule has 0 amide bonds. The van der Waals surface area contributed by atoms with E-state index in [1.165, 1.54) is 18.1 Å². The van der Waals surface area contributed by atoms with Gasteiger partial charge >= 0.3 is 0 Å². The van der Waals surface area contributed by atoms with Gasteiger partial charge in [-0.15, -0.1) is 11.8 Å². The van der Waals surface area contributed by atoms with Gasteiger partial charge in [0.2, 0.25) is 0 Å². The minimum atomic E-state index is 0.143. The van der Waals surface area contributed by atoms with Crippen LogP contribution < -0.4 is 0 Å². The van der Waals surface area contributed by atoms with Crippen molar-refractivity contribution in [2.24, 2.45) is 0 Å². The normalized spacial score (nSPS) is 10.8. The van der Waals surface area contributed by atoms with E-state index >= 15 is 0 Å². The molecule has 0 bridgehead atoms. The summed E-state index contributed by atoms with van der Waals surface area (Å²) in [5, 5.41) is 9.49. The van der Waals surface area contributed by atoms with Gasteiger partial charge in [0.25, 0.3) is 0 Å². The minimum absolute atomic E-state index is 0.143. The molecule has 13 heavy (non-hydrogen) atoms. The summed E-state index contributed by atoms with van der Waals surface area (Å²) >= 11 is 1.48. The van der Waals surface area contributed by atoms with E-state index in [0.29, 0.717) is 11.4 Å². The van der Waals surface area contributed by atoms with Crippen LogP contribution in [0.1, 0.15) is 0 Å². The summed E-state index contributed by atoms with van der Waals surface area (Å²) in [6, 6.07) is 0. The Hall–Kier alpha value is -1.14. The molecule has 0 aromatic carbocycles. The monoisotopic (exact) mass is 196 g/mol. The molecule has 6 heteroatoms. The molecule has 5 nitrogen and oxygen atoms in total. The third kappa shape index (κ3) is 1.63. The van der Waals surface area contributed by atoms with Crippen molar-refractivity contribution in [3.63, 3.8) is 0 Å². The molecule has 0 saturated carbocycles. The summed E-state index contributed by atoms with van der Waals surface area (Å²) < 4.78 is 0. The van der Waals surface area contributed by atoms with Gasteiger partial charge in [-0.3, -0.25) is 0 Å². The molecule has 0 atom stereocenters. The third-order valence-electron chi connectivity index (χ3n) is 1.52. The number of thioether (sulfide) groups is 1. The van der Waals surface area contributed by atoms with Gasteiger partial charge < -0.3 is 10.1 Å². The van der Waals surface area contributed by atoms with Crippen LogP contribution in [-0.2, 0) is 0 Å². The Labute approximate surface area is 78.6 Å². The lowest BCUT2D eigenvalue weighted by atomic mass is 10.6. The van der Waals surface area contributed by atoms with Crippen molar-refractivity contribution in [2.75, 3.05) is 12.4 Å². The van der Waals surface area contributed by atoms with Crippen LogP contribution in [0.2, 0.25) is 0 Å². The SMILES string of the molecule is OCCSc1ncnc2nc[nH]c12. The Kier molecular flexibility index (Phi) is 2.42. The highest BCUT2D eigenvalue weighted by atomic mass is 32.2. The second-order valence-electron chi connectivity index (χ2n) is 2.35. The fraction of sp³-hybridized carbons (Fsp3) is 0.286. The van der Waals surface area contributed by atoms with Gasteiger partial charge in [0, 0.05) is 5.75 Å². The molecule has 0 unspecified atom stereocenters. The van der Waals surface area contributed by atoms with Crippen LogP contribution in [0.4, 0.5) is 0 Å². The molecule has 0 saturated heterocycles. The molecule has 0 aliphatic rings. The highest BCUT2D eigenvalue weighted by Gasteiger charge is 2.04. The maximum absolute atomic E-state index is 8.66. The molecule has 0 radical (unpaired) electrons. The highest BCUT2D eigenvalue weighted by molar-refractivity contribution is 7.99. The largest absolute Gasteiger partial charge is 0.396 e.